The van der Waals surface area contributed by atoms with Gasteiger partial charge in [-0.05, 0) is 136 Å². The second-order valence-electron chi connectivity index (χ2n) is 22.5. The van der Waals surface area contributed by atoms with E-state index >= 15 is 0 Å². The molecule has 0 spiro atoms. The Bertz CT molecular complexity index is 1960. The van der Waals surface area contributed by atoms with Gasteiger partial charge in [0.05, 0.1) is 72.7 Å². The molecule has 0 aliphatic carbocycles. The van der Waals surface area contributed by atoms with E-state index in [9.17, 15) is 10.2 Å². The van der Waals surface area contributed by atoms with Gasteiger partial charge < -0.3 is 49.0 Å². The maximum absolute atomic E-state index is 9.71. The average Bonchev–Trinajstić information content (AvgIpc) is 3.37. The minimum Gasteiger partial charge on any atom is -1.00 e. The SMILES string of the molecule is CC(CC(CC(CC(C)c1ccccc1)c1ccccc1)c1ccccc1)c1ccccc1.CCC.CCC(C)C.CC[N+](C)(C)C.CC[N+](C)(C)c1ccc(C2OC(CC(C)O)CC(CC(C)O)O2)cc1.[Cl-].[Cl-]. The molecule has 74 heavy (non-hydrogen) atoms. The number of nitrogens with zero attached hydrogens (tertiary/aromatic N) is 2. The van der Waals surface area contributed by atoms with Crippen LogP contribution in [0.5, 0.6) is 0 Å². The van der Waals surface area contributed by atoms with Crippen LogP contribution in [-0.2, 0) is 9.47 Å². The molecule has 5 aromatic rings. The maximum atomic E-state index is 9.71. The number of hydrogen-bond acceptors (Lipinski definition) is 4. The number of benzene rings is 5. The lowest BCUT2D eigenvalue weighted by Crippen LogP contribution is -3.00. The predicted octanol–water partition coefficient (Wildman–Crippen LogP) is 10.5. The van der Waals surface area contributed by atoms with Crippen molar-refractivity contribution in [1.29, 1.82) is 0 Å². The minimum atomic E-state index is -0.451. The second kappa shape index (κ2) is 38.1. The predicted molar refractivity (Wildman–Crippen MR) is 312 cm³/mol. The van der Waals surface area contributed by atoms with Gasteiger partial charge in [0.1, 0.15) is 5.69 Å². The lowest BCUT2D eigenvalue weighted by atomic mass is 9.76. The van der Waals surface area contributed by atoms with Crippen LogP contribution in [0.3, 0.4) is 0 Å². The molecule has 0 aromatic heterocycles. The number of halogens is 2. The van der Waals surface area contributed by atoms with Gasteiger partial charge in [-0.1, -0.05) is 183 Å². The molecule has 0 saturated carbocycles. The summed E-state index contributed by atoms with van der Waals surface area (Å²) < 4.78 is 14.0. The van der Waals surface area contributed by atoms with Crippen LogP contribution in [0.25, 0.3) is 0 Å². The van der Waals surface area contributed by atoms with Crippen LogP contribution >= 0.6 is 0 Å². The fourth-order valence-corrected chi connectivity index (χ4v) is 8.44. The molecule has 8 unspecified atom stereocenters. The van der Waals surface area contributed by atoms with E-state index in [2.05, 4.69) is 243 Å². The Morgan fingerprint density at radius 3 is 1.05 bits per heavy atom. The molecule has 416 valence electrons. The number of aliphatic hydroxyl groups is 2. The zero-order valence-electron chi connectivity index (χ0n) is 49.1. The quantitative estimate of drug-likeness (QED) is 0.0810. The number of ether oxygens (including phenoxy) is 2. The van der Waals surface area contributed by atoms with Gasteiger partial charge in [0.2, 0.25) is 0 Å². The fourth-order valence-electron chi connectivity index (χ4n) is 8.44. The Balaban J connectivity index is 0.00000114. The number of quaternary nitrogens is 2. The standard InChI is InChI=1S/C33H36.C20H34NO4.C5H14N.C5H12.C3H8.2ClH/c1-26(28-15-7-3-8-16-28)23-32(30-19-11-5-12-20-30)25-33(31-21-13-6-14-22-31)24-27(2)29-17-9-4-10-18-29;1-6-21(4,5)17-9-7-16(8-10-17)20-24-18(11-14(2)22)13-19(25-20)12-15(3)23;1-5-6(2,3)4;1-4-5(2)3;1-3-2;;/h3-22,26-27,32-33H,23-25H2,1-2H3;7-10,14-15,18-20,22-23H,6,11-13H2,1-5H3;5H2,1-4H3;5H,4H2,1-3H3;3H2,1-2H3;2*1H/q;2*+1;;;;/p-2. The van der Waals surface area contributed by atoms with Crippen LogP contribution in [-0.4, -0.2) is 87.4 Å². The first kappa shape index (κ1) is 70.4. The lowest BCUT2D eigenvalue weighted by molar-refractivity contribution is -0.868. The molecule has 1 heterocycles. The highest BCUT2D eigenvalue weighted by molar-refractivity contribution is 5.43. The normalized spacial score (nSPS) is 17.6. The van der Waals surface area contributed by atoms with E-state index < -0.39 is 18.5 Å². The first-order valence-electron chi connectivity index (χ1n) is 27.8. The fraction of sp³-hybridized carbons (Fsp3) is 0.545. The molecular weight excluding hydrogens is 956 g/mol. The smallest absolute Gasteiger partial charge is 0.184 e. The van der Waals surface area contributed by atoms with Gasteiger partial charge in [-0.25, -0.2) is 0 Å². The molecule has 1 aliphatic heterocycles. The van der Waals surface area contributed by atoms with Crippen molar-refractivity contribution in [3.05, 3.63) is 173 Å². The van der Waals surface area contributed by atoms with Crippen LogP contribution in [0.2, 0.25) is 0 Å². The Morgan fingerprint density at radius 2 is 0.784 bits per heavy atom. The molecule has 1 aliphatic rings. The van der Waals surface area contributed by atoms with Crippen molar-refractivity contribution in [1.82, 2.24) is 4.48 Å². The zero-order chi connectivity index (χ0) is 53.7. The summed E-state index contributed by atoms with van der Waals surface area (Å²) in [5.74, 6) is 2.98. The summed E-state index contributed by atoms with van der Waals surface area (Å²) in [5, 5.41) is 19.4. The minimum absolute atomic E-state index is 0. The van der Waals surface area contributed by atoms with Gasteiger partial charge in [-0.2, -0.15) is 0 Å². The number of hydrogen-bond donors (Lipinski definition) is 2. The van der Waals surface area contributed by atoms with Gasteiger partial charge in [0, 0.05) is 12.0 Å². The molecule has 6 rings (SSSR count). The average molecular weight is 1060 g/mol. The number of rotatable bonds is 19. The zero-order valence-corrected chi connectivity index (χ0v) is 50.6. The van der Waals surface area contributed by atoms with Crippen molar-refractivity contribution in [2.45, 2.75) is 182 Å². The van der Waals surface area contributed by atoms with Gasteiger partial charge >= 0.3 is 0 Å². The Hall–Kier alpha value is -3.56. The van der Waals surface area contributed by atoms with E-state index in [1.807, 2.05) is 0 Å². The third-order valence-electron chi connectivity index (χ3n) is 13.9. The second-order valence-corrected chi connectivity index (χ2v) is 22.5. The van der Waals surface area contributed by atoms with Crippen LogP contribution in [0.1, 0.15) is 185 Å². The van der Waals surface area contributed by atoms with Crippen molar-refractivity contribution < 1.29 is 49.0 Å². The summed E-state index contributed by atoms with van der Waals surface area (Å²) in [7, 11) is 10.9. The van der Waals surface area contributed by atoms with Crippen molar-refractivity contribution in [3.8, 4) is 0 Å². The van der Waals surface area contributed by atoms with Gasteiger partial charge in [0.15, 0.2) is 6.29 Å². The summed E-state index contributed by atoms with van der Waals surface area (Å²) in [5.41, 5.74) is 8.02. The highest BCUT2D eigenvalue weighted by atomic mass is 35.5. The third kappa shape index (κ3) is 28.5. The van der Waals surface area contributed by atoms with Gasteiger partial charge in [-0.15, -0.1) is 0 Å². The summed E-state index contributed by atoms with van der Waals surface area (Å²) in [6.07, 6.45) is 6.49. The molecule has 2 N–H and O–H groups in total. The molecular formula is C66H104Cl2N2O4. The molecule has 8 atom stereocenters. The number of aliphatic hydroxyl groups excluding tert-OH is 2. The highest BCUT2D eigenvalue weighted by Crippen LogP contribution is 2.41. The first-order chi connectivity index (χ1) is 34.2. The molecule has 1 saturated heterocycles. The largest absolute Gasteiger partial charge is 1.00 e. The summed E-state index contributed by atoms with van der Waals surface area (Å²) >= 11 is 0. The van der Waals surface area contributed by atoms with Crippen LogP contribution in [0, 0.1) is 5.92 Å². The molecule has 0 radical (unpaired) electrons. The summed E-state index contributed by atoms with van der Waals surface area (Å²) in [6, 6.07) is 52.7. The van der Waals surface area contributed by atoms with E-state index in [1.165, 1.54) is 53.7 Å². The monoisotopic (exact) mass is 1060 g/mol. The Kier molecular flexibility index (Phi) is 36.2. The lowest BCUT2D eigenvalue weighted by Gasteiger charge is -2.37. The van der Waals surface area contributed by atoms with Crippen LogP contribution in [0.15, 0.2) is 146 Å². The van der Waals surface area contributed by atoms with Gasteiger partial charge in [-0.3, -0.25) is 4.48 Å². The third-order valence-corrected chi connectivity index (χ3v) is 13.9. The Morgan fingerprint density at radius 1 is 0.473 bits per heavy atom. The summed E-state index contributed by atoms with van der Waals surface area (Å²) in [6.45, 7) is 25.8. The highest BCUT2D eigenvalue weighted by Gasteiger charge is 2.33. The molecule has 0 amide bonds. The molecule has 8 heteroatoms. The maximum Gasteiger partial charge on any atom is 0.184 e. The van der Waals surface area contributed by atoms with Crippen molar-refractivity contribution in [3.63, 3.8) is 0 Å². The van der Waals surface area contributed by atoms with Crippen molar-refractivity contribution in [2.75, 3.05) is 48.3 Å². The van der Waals surface area contributed by atoms with E-state index in [4.69, 9.17) is 9.47 Å². The van der Waals surface area contributed by atoms with E-state index in [0.717, 1.165) is 39.8 Å². The first-order valence-corrected chi connectivity index (χ1v) is 27.8. The molecule has 5 aromatic carbocycles. The molecule has 1 fully saturated rings. The van der Waals surface area contributed by atoms with Gasteiger partial charge in [0.25, 0.3) is 0 Å². The molecule has 6 nitrogen and oxygen atoms in total. The molecule has 0 bridgehead atoms. The van der Waals surface area contributed by atoms with E-state index in [0.29, 0.717) is 42.9 Å². The van der Waals surface area contributed by atoms with Crippen molar-refractivity contribution in [2.24, 2.45) is 5.92 Å². The topological polar surface area (TPSA) is 58.9 Å². The van der Waals surface area contributed by atoms with Crippen LogP contribution in [0.4, 0.5) is 5.69 Å². The Labute approximate surface area is 466 Å². The van der Waals surface area contributed by atoms with E-state index in [1.54, 1.807) is 13.8 Å². The van der Waals surface area contributed by atoms with Crippen molar-refractivity contribution >= 4 is 5.69 Å². The van der Waals surface area contributed by atoms with Crippen LogP contribution < -0.4 is 29.3 Å². The summed E-state index contributed by atoms with van der Waals surface area (Å²) in [4.78, 5) is 0. The van der Waals surface area contributed by atoms with E-state index in [-0.39, 0.29) is 37.0 Å².